The molecule has 0 fully saturated rings. The molecule has 0 bridgehead atoms. The van der Waals surface area contributed by atoms with Gasteiger partial charge in [0, 0.05) is 18.1 Å². The standard InChI is InChI=1S/C24H28F6O3/c1-6-21(7-2,18-9-11-20(31)16(4)13-18)17-8-10-19(15(3)12-17)22(23(25,26)27,24(28,29)30)33-14-32-5/h8-13,31H,6-7,14H2,1-5H3. The van der Waals surface area contributed by atoms with Crippen LogP contribution in [0.25, 0.3) is 0 Å². The minimum absolute atomic E-state index is 0.0989. The number of phenolic OH excluding ortho intramolecular Hbond substituents is 1. The molecule has 0 atom stereocenters. The number of ether oxygens (including phenoxy) is 2. The van der Waals surface area contributed by atoms with Crippen molar-refractivity contribution in [2.45, 2.75) is 63.9 Å². The maximum absolute atomic E-state index is 14.0. The van der Waals surface area contributed by atoms with Crippen LogP contribution in [-0.2, 0) is 20.5 Å². The molecule has 0 saturated carbocycles. The van der Waals surface area contributed by atoms with Crippen molar-refractivity contribution in [2.75, 3.05) is 13.9 Å². The van der Waals surface area contributed by atoms with Crippen molar-refractivity contribution in [3.63, 3.8) is 0 Å². The molecule has 3 nitrogen and oxygen atoms in total. The highest BCUT2D eigenvalue weighted by Gasteiger charge is 2.74. The summed E-state index contributed by atoms with van der Waals surface area (Å²) in [7, 11) is 0.948. The van der Waals surface area contributed by atoms with Crippen LogP contribution in [0.1, 0.15) is 54.5 Å². The van der Waals surface area contributed by atoms with Crippen LogP contribution in [0.15, 0.2) is 36.4 Å². The van der Waals surface area contributed by atoms with Gasteiger partial charge in [0.1, 0.15) is 12.5 Å². The molecular weight excluding hydrogens is 450 g/mol. The summed E-state index contributed by atoms with van der Waals surface area (Å²) in [6.07, 6.45) is -10.5. The summed E-state index contributed by atoms with van der Waals surface area (Å²) in [6, 6.07) is 8.52. The van der Waals surface area contributed by atoms with E-state index in [0.29, 0.717) is 24.0 Å². The second-order valence-corrected chi connectivity index (χ2v) is 8.05. The second kappa shape index (κ2) is 9.54. The van der Waals surface area contributed by atoms with Gasteiger partial charge in [0.05, 0.1) is 0 Å². The van der Waals surface area contributed by atoms with Crippen LogP contribution in [-0.4, -0.2) is 31.4 Å². The van der Waals surface area contributed by atoms with Crippen molar-refractivity contribution in [3.05, 3.63) is 64.2 Å². The summed E-state index contributed by atoms with van der Waals surface area (Å²) in [6.45, 7) is 5.52. The molecular formula is C24H28F6O3. The molecule has 0 aliphatic carbocycles. The number of rotatable bonds is 8. The summed E-state index contributed by atoms with van der Waals surface area (Å²) in [5.74, 6) is 0.0989. The van der Waals surface area contributed by atoms with E-state index >= 15 is 0 Å². The Balaban J connectivity index is 2.77. The summed E-state index contributed by atoms with van der Waals surface area (Å²) < 4.78 is 92.5. The van der Waals surface area contributed by atoms with Crippen LogP contribution in [0, 0.1) is 13.8 Å². The zero-order valence-electron chi connectivity index (χ0n) is 19.1. The predicted molar refractivity (Wildman–Crippen MR) is 112 cm³/mol. The minimum Gasteiger partial charge on any atom is -0.508 e. The number of aromatic hydroxyl groups is 1. The molecule has 0 aliphatic heterocycles. The van der Waals surface area contributed by atoms with Crippen LogP contribution in [0.5, 0.6) is 5.75 Å². The molecule has 2 rings (SSSR count). The number of phenols is 1. The number of alkyl halides is 6. The third-order valence-electron chi connectivity index (χ3n) is 6.31. The maximum atomic E-state index is 14.0. The lowest BCUT2D eigenvalue weighted by molar-refractivity contribution is -0.400. The lowest BCUT2D eigenvalue weighted by Gasteiger charge is -2.39. The van der Waals surface area contributed by atoms with E-state index in [1.54, 1.807) is 19.1 Å². The van der Waals surface area contributed by atoms with Crippen molar-refractivity contribution in [1.82, 2.24) is 0 Å². The van der Waals surface area contributed by atoms with Crippen LogP contribution < -0.4 is 0 Å². The largest absolute Gasteiger partial charge is 0.508 e. The fraction of sp³-hybridized carbons (Fsp3) is 0.500. The third kappa shape index (κ3) is 4.57. The Bertz CT molecular complexity index is 948. The number of aryl methyl sites for hydroxylation is 2. The Morgan fingerprint density at radius 2 is 1.27 bits per heavy atom. The first-order valence-corrected chi connectivity index (χ1v) is 10.4. The van der Waals surface area contributed by atoms with Gasteiger partial charge in [-0.3, -0.25) is 0 Å². The highest BCUT2D eigenvalue weighted by molar-refractivity contribution is 5.48. The van der Waals surface area contributed by atoms with Gasteiger partial charge in [-0.05, 0) is 55.0 Å². The van der Waals surface area contributed by atoms with E-state index in [-0.39, 0.29) is 11.3 Å². The molecule has 0 unspecified atom stereocenters. The topological polar surface area (TPSA) is 38.7 Å². The van der Waals surface area contributed by atoms with Gasteiger partial charge in [0.25, 0.3) is 5.60 Å². The molecule has 0 aromatic heterocycles. The van der Waals surface area contributed by atoms with E-state index in [2.05, 4.69) is 9.47 Å². The van der Waals surface area contributed by atoms with Gasteiger partial charge < -0.3 is 14.6 Å². The predicted octanol–water partition coefficient (Wildman–Crippen LogP) is 7.06. The Morgan fingerprint density at radius 1 is 0.788 bits per heavy atom. The molecule has 0 amide bonds. The van der Waals surface area contributed by atoms with E-state index in [1.807, 2.05) is 13.8 Å². The van der Waals surface area contributed by atoms with Crippen LogP contribution >= 0.6 is 0 Å². The van der Waals surface area contributed by atoms with Crippen molar-refractivity contribution in [2.24, 2.45) is 0 Å². The first-order valence-electron chi connectivity index (χ1n) is 10.4. The number of hydrogen-bond donors (Lipinski definition) is 1. The SMILES string of the molecule is CCC(CC)(c1ccc(O)c(C)c1)c1ccc(C(OCOC)(C(F)(F)F)C(F)(F)F)c(C)c1. The van der Waals surface area contributed by atoms with Gasteiger partial charge in [-0.15, -0.1) is 0 Å². The monoisotopic (exact) mass is 478 g/mol. The second-order valence-electron chi connectivity index (χ2n) is 8.05. The summed E-state index contributed by atoms with van der Waals surface area (Å²) >= 11 is 0. The maximum Gasteiger partial charge on any atom is 0.430 e. The molecule has 1 N–H and O–H groups in total. The van der Waals surface area contributed by atoms with Crippen LogP contribution in [0.2, 0.25) is 0 Å². The quantitative estimate of drug-likeness (QED) is 0.326. The highest BCUT2D eigenvalue weighted by atomic mass is 19.4. The molecule has 33 heavy (non-hydrogen) atoms. The number of benzene rings is 2. The normalized spacial score (nSPS) is 13.4. The lowest BCUT2D eigenvalue weighted by atomic mass is 9.69. The zero-order valence-corrected chi connectivity index (χ0v) is 19.1. The molecule has 9 heteroatoms. The molecule has 0 spiro atoms. The average Bonchev–Trinajstić information content (AvgIpc) is 2.71. The Hall–Kier alpha value is -2.26. The summed E-state index contributed by atoms with van der Waals surface area (Å²) in [5.41, 5.74) is -4.45. The first-order chi connectivity index (χ1) is 15.2. The molecule has 0 heterocycles. The van der Waals surface area contributed by atoms with Crippen molar-refractivity contribution >= 4 is 0 Å². The molecule has 0 saturated heterocycles. The number of halogens is 6. The highest BCUT2D eigenvalue weighted by Crippen LogP contribution is 2.54. The first kappa shape index (κ1) is 27.0. The van der Waals surface area contributed by atoms with E-state index in [0.717, 1.165) is 18.7 Å². The number of hydrogen-bond acceptors (Lipinski definition) is 3. The van der Waals surface area contributed by atoms with Gasteiger partial charge in [-0.1, -0.05) is 44.2 Å². The van der Waals surface area contributed by atoms with Gasteiger partial charge >= 0.3 is 12.4 Å². The Labute approximate surface area is 189 Å². The molecule has 0 aliphatic rings. The molecule has 2 aromatic carbocycles. The van der Waals surface area contributed by atoms with Crippen molar-refractivity contribution < 1.29 is 40.9 Å². The van der Waals surface area contributed by atoms with Gasteiger partial charge in [-0.25, -0.2) is 0 Å². The zero-order chi connectivity index (χ0) is 25.2. The number of methoxy groups -OCH3 is 1. The minimum atomic E-state index is -5.78. The van der Waals surface area contributed by atoms with E-state index in [9.17, 15) is 31.4 Å². The fourth-order valence-corrected chi connectivity index (χ4v) is 4.40. The van der Waals surface area contributed by atoms with Gasteiger partial charge in [0.15, 0.2) is 0 Å². The van der Waals surface area contributed by atoms with Gasteiger partial charge in [0.2, 0.25) is 0 Å². The van der Waals surface area contributed by atoms with E-state index < -0.39 is 35.7 Å². The van der Waals surface area contributed by atoms with Gasteiger partial charge in [-0.2, -0.15) is 26.3 Å². The molecule has 0 radical (unpaired) electrons. The smallest absolute Gasteiger partial charge is 0.430 e. The molecule has 184 valence electrons. The summed E-state index contributed by atoms with van der Waals surface area (Å²) in [5, 5.41) is 9.88. The van der Waals surface area contributed by atoms with E-state index in [1.165, 1.54) is 25.1 Å². The third-order valence-corrected chi connectivity index (χ3v) is 6.31. The fourth-order valence-electron chi connectivity index (χ4n) is 4.40. The lowest BCUT2D eigenvalue weighted by Crippen LogP contribution is -2.56. The van der Waals surface area contributed by atoms with Crippen LogP contribution in [0.3, 0.4) is 0 Å². The van der Waals surface area contributed by atoms with E-state index in [4.69, 9.17) is 0 Å². The Kier molecular flexibility index (Phi) is 7.80. The van der Waals surface area contributed by atoms with Crippen molar-refractivity contribution in [3.8, 4) is 5.75 Å². The molecule has 2 aromatic rings. The average molecular weight is 478 g/mol. The summed E-state index contributed by atoms with van der Waals surface area (Å²) in [4.78, 5) is 0. The Morgan fingerprint density at radius 3 is 1.67 bits per heavy atom. The van der Waals surface area contributed by atoms with Crippen molar-refractivity contribution in [1.29, 1.82) is 0 Å². The van der Waals surface area contributed by atoms with Crippen LogP contribution in [0.4, 0.5) is 26.3 Å².